The molecule has 2 spiro atoms. The second kappa shape index (κ2) is 7.26. The molecule has 0 bridgehead atoms. The summed E-state index contributed by atoms with van der Waals surface area (Å²) in [7, 11) is 0. The Labute approximate surface area is 196 Å². The van der Waals surface area contributed by atoms with Crippen LogP contribution in [-0.2, 0) is 14.3 Å². The first-order valence-electron chi connectivity index (χ1n) is 12.6. The van der Waals surface area contributed by atoms with Crippen molar-refractivity contribution in [1.82, 2.24) is 0 Å². The molecule has 2 saturated heterocycles. The molecule has 2 heterocycles. The van der Waals surface area contributed by atoms with Gasteiger partial charge in [-0.25, -0.2) is 0 Å². The number of rotatable bonds is 1. The summed E-state index contributed by atoms with van der Waals surface area (Å²) in [6.45, 7) is 8.22. The number of carbonyl (C=O) groups is 1. The molecule has 172 valence electrons. The number of hydrogen-bond donors (Lipinski definition) is 0. The molecule has 0 aromatic heterocycles. The lowest BCUT2D eigenvalue weighted by molar-refractivity contribution is -0.347. The quantitative estimate of drug-likeness (QED) is 0.442. The molecule has 4 aliphatic carbocycles. The Kier molecular flexibility index (Phi) is 5.05. The average molecular weight is 463 g/mol. The standard InChI is InChI=1S/C26H38O3S2/c1-4-24-14-21(27)22-18-7-9-25(30-11-12-31-25)13-17(18)5-6-19(22)20(24)8-10-26(24)28-15-23(2,3)16-29-26/h13,18-20,22H,4-12,14-16H2,1-3H3/t18?,19?,20?,22?,24-/m0/s1. The lowest BCUT2D eigenvalue weighted by Crippen LogP contribution is -2.61. The fourth-order valence-corrected chi connectivity index (χ4v) is 11.5. The van der Waals surface area contributed by atoms with E-state index in [0.717, 1.165) is 26.1 Å². The van der Waals surface area contributed by atoms with E-state index >= 15 is 0 Å². The highest BCUT2D eigenvalue weighted by Gasteiger charge is 2.69. The van der Waals surface area contributed by atoms with Gasteiger partial charge in [0.2, 0.25) is 0 Å². The van der Waals surface area contributed by atoms with Crippen LogP contribution in [0, 0.1) is 34.5 Å². The van der Waals surface area contributed by atoms with Crippen molar-refractivity contribution in [1.29, 1.82) is 0 Å². The number of ether oxygens (including phenoxy) is 2. The van der Waals surface area contributed by atoms with Gasteiger partial charge in [0, 0.05) is 41.1 Å². The van der Waals surface area contributed by atoms with Crippen molar-refractivity contribution in [2.45, 2.75) is 82.0 Å². The molecule has 5 fully saturated rings. The summed E-state index contributed by atoms with van der Waals surface area (Å²) >= 11 is 4.31. The van der Waals surface area contributed by atoms with Crippen molar-refractivity contribution < 1.29 is 14.3 Å². The minimum atomic E-state index is -0.521. The van der Waals surface area contributed by atoms with Crippen molar-refractivity contribution in [3.63, 3.8) is 0 Å². The maximum Gasteiger partial charge on any atom is 0.174 e. The fraction of sp³-hybridized carbons (Fsp3) is 0.885. The van der Waals surface area contributed by atoms with Crippen molar-refractivity contribution >= 4 is 29.3 Å². The Balaban J connectivity index is 1.31. The number of carbonyl (C=O) groups excluding carboxylic acids is 1. The van der Waals surface area contributed by atoms with Crippen LogP contribution in [0.15, 0.2) is 11.6 Å². The molecule has 2 aliphatic heterocycles. The lowest BCUT2D eigenvalue weighted by atomic mass is 9.50. The molecule has 0 aromatic rings. The van der Waals surface area contributed by atoms with Gasteiger partial charge in [-0.05, 0) is 56.3 Å². The van der Waals surface area contributed by atoms with Crippen molar-refractivity contribution in [3.8, 4) is 0 Å². The second-order valence-electron chi connectivity index (χ2n) is 11.9. The predicted octanol–water partition coefficient (Wildman–Crippen LogP) is 6.07. The first-order chi connectivity index (χ1) is 14.8. The zero-order valence-electron chi connectivity index (χ0n) is 19.4. The summed E-state index contributed by atoms with van der Waals surface area (Å²) < 4.78 is 13.6. The highest BCUT2D eigenvalue weighted by molar-refractivity contribution is 8.21. The Morgan fingerprint density at radius 2 is 1.81 bits per heavy atom. The van der Waals surface area contributed by atoms with Gasteiger partial charge in [-0.3, -0.25) is 4.79 Å². The zero-order chi connectivity index (χ0) is 21.5. The molecule has 3 nitrogen and oxygen atoms in total. The molecule has 0 N–H and O–H groups in total. The molecule has 5 atom stereocenters. The van der Waals surface area contributed by atoms with Gasteiger partial charge < -0.3 is 9.47 Å². The highest BCUT2D eigenvalue weighted by atomic mass is 32.2. The number of hydrogen-bond acceptors (Lipinski definition) is 5. The molecular formula is C26H38O3S2. The minimum absolute atomic E-state index is 0.0678. The maximum atomic E-state index is 13.9. The Hall–Kier alpha value is 0.0300. The van der Waals surface area contributed by atoms with Crippen LogP contribution in [-0.4, -0.2) is 40.4 Å². The highest BCUT2D eigenvalue weighted by Crippen LogP contribution is 2.68. The molecule has 3 saturated carbocycles. The van der Waals surface area contributed by atoms with Crippen LogP contribution in [0.2, 0.25) is 0 Å². The Bertz CT molecular complexity index is 788. The van der Waals surface area contributed by atoms with Gasteiger partial charge in [0.15, 0.2) is 5.79 Å². The molecular weight excluding hydrogens is 424 g/mol. The number of allylic oxidation sites excluding steroid dienone is 1. The summed E-state index contributed by atoms with van der Waals surface area (Å²) in [5, 5.41) is 0. The summed E-state index contributed by atoms with van der Waals surface area (Å²) in [5.41, 5.74) is 1.58. The van der Waals surface area contributed by atoms with Gasteiger partial charge in [-0.15, -0.1) is 23.5 Å². The minimum Gasteiger partial charge on any atom is -0.349 e. The van der Waals surface area contributed by atoms with Crippen LogP contribution in [0.3, 0.4) is 0 Å². The number of ketones is 1. The molecule has 5 heteroatoms. The van der Waals surface area contributed by atoms with E-state index in [1.165, 1.54) is 43.6 Å². The molecule has 31 heavy (non-hydrogen) atoms. The van der Waals surface area contributed by atoms with Gasteiger partial charge in [0.05, 0.1) is 17.3 Å². The molecule has 6 aliphatic rings. The third-order valence-corrected chi connectivity index (χ3v) is 13.2. The van der Waals surface area contributed by atoms with E-state index in [-0.39, 0.29) is 16.7 Å². The van der Waals surface area contributed by atoms with Gasteiger partial charge in [-0.1, -0.05) is 32.4 Å². The molecule has 0 radical (unpaired) electrons. The van der Waals surface area contributed by atoms with E-state index in [1.54, 1.807) is 5.57 Å². The van der Waals surface area contributed by atoms with Crippen LogP contribution in [0.5, 0.6) is 0 Å². The van der Waals surface area contributed by atoms with Crippen LogP contribution < -0.4 is 0 Å². The average Bonchev–Trinajstić information content (AvgIpc) is 3.33. The van der Waals surface area contributed by atoms with E-state index in [4.69, 9.17) is 9.47 Å². The smallest absolute Gasteiger partial charge is 0.174 e. The largest absolute Gasteiger partial charge is 0.349 e. The second-order valence-corrected chi connectivity index (χ2v) is 15.0. The van der Waals surface area contributed by atoms with E-state index in [2.05, 4.69) is 50.4 Å². The van der Waals surface area contributed by atoms with Gasteiger partial charge in [-0.2, -0.15) is 0 Å². The fourth-order valence-electron chi connectivity index (χ4n) is 8.36. The number of Topliss-reactive ketones (excluding diaryl/α,β-unsaturated/α-hetero) is 1. The molecule has 4 unspecified atom stereocenters. The summed E-state index contributed by atoms with van der Waals surface area (Å²) in [4.78, 5) is 13.9. The molecule has 0 amide bonds. The predicted molar refractivity (Wildman–Crippen MR) is 128 cm³/mol. The van der Waals surface area contributed by atoms with Crippen LogP contribution in [0.25, 0.3) is 0 Å². The van der Waals surface area contributed by atoms with E-state index in [9.17, 15) is 4.79 Å². The Morgan fingerprint density at radius 3 is 2.52 bits per heavy atom. The first kappa shape index (κ1) is 21.6. The normalized spacial score (nSPS) is 44.6. The third kappa shape index (κ3) is 3.04. The van der Waals surface area contributed by atoms with Crippen molar-refractivity contribution in [3.05, 3.63) is 11.6 Å². The topological polar surface area (TPSA) is 35.5 Å². The van der Waals surface area contributed by atoms with Crippen LogP contribution >= 0.6 is 23.5 Å². The monoisotopic (exact) mass is 462 g/mol. The van der Waals surface area contributed by atoms with Crippen molar-refractivity contribution in [2.75, 3.05) is 24.7 Å². The van der Waals surface area contributed by atoms with E-state index in [0.29, 0.717) is 34.0 Å². The van der Waals surface area contributed by atoms with Crippen LogP contribution in [0.4, 0.5) is 0 Å². The summed E-state index contributed by atoms with van der Waals surface area (Å²) in [5.74, 6) is 4.45. The lowest BCUT2D eigenvalue weighted by Gasteiger charge is -2.58. The van der Waals surface area contributed by atoms with Crippen molar-refractivity contribution in [2.24, 2.45) is 34.5 Å². The summed E-state index contributed by atoms with van der Waals surface area (Å²) in [6, 6.07) is 0. The summed E-state index contributed by atoms with van der Waals surface area (Å²) in [6.07, 6.45) is 11.3. The third-order valence-electron chi connectivity index (χ3n) is 9.78. The SMILES string of the molecule is CC[C@]12CC(=O)C3C4CCC5(C=C4CCC3C1CCC21OCC(C)(C)CO1)SCCS5. The van der Waals surface area contributed by atoms with E-state index in [1.807, 2.05) is 0 Å². The molecule has 0 aromatic carbocycles. The Morgan fingerprint density at radius 1 is 1.06 bits per heavy atom. The van der Waals surface area contributed by atoms with Gasteiger partial charge in [0.25, 0.3) is 0 Å². The van der Waals surface area contributed by atoms with Gasteiger partial charge >= 0.3 is 0 Å². The zero-order valence-corrected chi connectivity index (χ0v) is 21.0. The number of fused-ring (bicyclic) bond motifs is 6. The van der Waals surface area contributed by atoms with Crippen LogP contribution in [0.1, 0.15) is 72.1 Å². The van der Waals surface area contributed by atoms with E-state index < -0.39 is 5.79 Å². The van der Waals surface area contributed by atoms with Gasteiger partial charge in [0.1, 0.15) is 5.78 Å². The first-order valence-corrected chi connectivity index (χ1v) is 14.6. The molecule has 6 rings (SSSR count). The number of thioether (sulfide) groups is 2. The maximum absolute atomic E-state index is 13.9.